The average Bonchev–Trinajstić information content (AvgIpc) is 2.48. The summed E-state index contributed by atoms with van der Waals surface area (Å²) in [6, 6.07) is 5.01. The molecule has 0 unspecified atom stereocenters. The van der Waals surface area contributed by atoms with Gasteiger partial charge in [-0.05, 0) is 50.4 Å². The average molecular weight is 315 g/mol. The molecule has 0 radical (unpaired) electrons. The van der Waals surface area contributed by atoms with Gasteiger partial charge in [-0.1, -0.05) is 12.1 Å². The molecule has 1 aliphatic rings. The first-order valence-corrected chi connectivity index (χ1v) is 7.41. The van der Waals surface area contributed by atoms with Gasteiger partial charge in [0.1, 0.15) is 0 Å². The number of nitrogens with one attached hydrogen (secondary N) is 1. The Morgan fingerprint density at radius 3 is 2.50 bits per heavy atom. The molecular formula is C16H20F3NO2. The van der Waals surface area contributed by atoms with Crippen molar-refractivity contribution in [1.29, 1.82) is 0 Å². The normalized spacial score (nSPS) is 22.4. The van der Waals surface area contributed by atoms with Gasteiger partial charge in [-0.2, -0.15) is 13.2 Å². The van der Waals surface area contributed by atoms with Gasteiger partial charge in [0.25, 0.3) is 0 Å². The highest BCUT2D eigenvalue weighted by Crippen LogP contribution is 2.34. The number of carbonyl (C=O) groups is 1. The van der Waals surface area contributed by atoms with Gasteiger partial charge in [0, 0.05) is 6.54 Å². The molecule has 0 bridgehead atoms. The molecule has 1 aliphatic heterocycles. The SMILES string of the molecule is CCOC(=O)[C@@]1(Cc2ccc(C(F)(F)F)cc2)CCCNC1. The maximum Gasteiger partial charge on any atom is 0.416 e. The number of hydrogen-bond acceptors (Lipinski definition) is 3. The van der Waals surface area contributed by atoms with Crippen LogP contribution in [0.15, 0.2) is 24.3 Å². The van der Waals surface area contributed by atoms with Crippen LogP contribution in [-0.4, -0.2) is 25.7 Å². The van der Waals surface area contributed by atoms with Crippen LogP contribution in [-0.2, 0) is 22.1 Å². The molecule has 1 heterocycles. The van der Waals surface area contributed by atoms with E-state index in [9.17, 15) is 18.0 Å². The number of piperidine rings is 1. The van der Waals surface area contributed by atoms with Crippen LogP contribution in [0.2, 0.25) is 0 Å². The van der Waals surface area contributed by atoms with Gasteiger partial charge in [-0.3, -0.25) is 4.79 Å². The molecule has 0 saturated carbocycles. The molecule has 1 aromatic carbocycles. The quantitative estimate of drug-likeness (QED) is 0.867. The summed E-state index contributed by atoms with van der Waals surface area (Å²) in [5.74, 6) is -0.276. The van der Waals surface area contributed by atoms with Gasteiger partial charge in [-0.25, -0.2) is 0 Å². The van der Waals surface area contributed by atoms with Crippen LogP contribution >= 0.6 is 0 Å². The topological polar surface area (TPSA) is 38.3 Å². The molecule has 122 valence electrons. The highest BCUT2D eigenvalue weighted by atomic mass is 19.4. The number of rotatable bonds is 4. The molecular weight excluding hydrogens is 295 g/mol. The van der Waals surface area contributed by atoms with Gasteiger partial charge in [0.15, 0.2) is 0 Å². The molecule has 6 heteroatoms. The van der Waals surface area contributed by atoms with Crippen molar-refractivity contribution in [2.45, 2.75) is 32.4 Å². The molecule has 1 fully saturated rings. The first-order chi connectivity index (χ1) is 10.4. The van der Waals surface area contributed by atoms with Crippen LogP contribution in [0.5, 0.6) is 0 Å². The van der Waals surface area contributed by atoms with E-state index in [1.165, 1.54) is 12.1 Å². The van der Waals surface area contributed by atoms with E-state index in [-0.39, 0.29) is 5.97 Å². The second-order valence-corrected chi connectivity index (χ2v) is 5.65. The monoisotopic (exact) mass is 315 g/mol. The highest BCUT2D eigenvalue weighted by molar-refractivity contribution is 5.77. The lowest BCUT2D eigenvalue weighted by atomic mass is 9.75. The lowest BCUT2D eigenvalue weighted by Gasteiger charge is -2.35. The van der Waals surface area contributed by atoms with Crippen LogP contribution < -0.4 is 5.32 Å². The zero-order chi connectivity index (χ0) is 16.2. The van der Waals surface area contributed by atoms with Gasteiger partial charge < -0.3 is 10.1 Å². The second-order valence-electron chi connectivity index (χ2n) is 5.65. The number of esters is 1. The molecule has 0 aliphatic carbocycles. The Balaban J connectivity index is 2.18. The number of benzene rings is 1. The number of ether oxygens (including phenoxy) is 1. The van der Waals surface area contributed by atoms with Gasteiger partial charge in [-0.15, -0.1) is 0 Å². The van der Waals surface area contributed by atoms with E-state index in [1.807, 2.05) is 0 Å². The summed E-state index contributed by atoms with van der Waals surface area (Å²) < 4.78 is 43.0. The lowest BCUT2D eigenvalue weighted by molar-refractivity contribution is -0.156. The molecule has 1 atom stereocenters. The van der Waals surface area contributed by atoms with Crippen molar-refractivity contribution in [1.82, 2.24) is 5.32 Å². The third kappa shape index (κ3) is 3.80. The van der Waals surface area contributed by atoms with E-state index >= 15 is 0 Å². The summed E-state index contributed by atoms with van der Waals surface area (Å²) in [6.45, 7) is 3.38. The summed E-state index contributed by atoms with van der Waals surface area (Å²) in [5, 5.41) is 3.19. The van der Waals surface area contributed by atoms with E-state index in [1.54, 1.807) is 6.92 Å². The van der Waals surface area contributed by atoms with Gasteiger partial charge >= 0.3 is 12.1 Å². The van der Waals surface area contributed by atoms with Crippen LogP contribution in [0.25, 0.3) is 0 Å². The number of carbonyl (C=O) groups excluding carboxylic acids is 1. The summed E-state index contributed by atoms with van der Waals surface area (Å²) in [4.78, 5) is 12.3. The lowest BCUT2D eigenvalue weighted by Crippen LogP contribution is -2.47. The van der Waals surface area contributed by atoms with Crippen LogP contribution in [0.3, 0.4) is 0 Å². The summed E-state index contributed by atoms with van der Waals surface area (Å²) >= 11 is 0. The Morgan fingerprint density at radius 1 is 1.32 bits per heavy atom. The third-order valence-corrected chi connectivity index (χ3v) is 4.00. The fourth-order valence-electron chi connectivity index (χ4n) is 2.85. The maximum atomic E-state index is 12.6. The molecule has 22 heavy (non-hydrogen) atoms. The largest absolute Gasteiger partial charge is 0.466 e. The highest BCUT2D eigenvalue weighted by Gasteiger charge is 2.41. The Labute approximate surface area is 127 Å². The number of hydrogen-bond donors (Lipinski definition) is 1. The molecule has 1 saturated heterocycles. The number of halogens is 3. The first-order valence-electron chi connectivity index (χ1n) is 7.41. The first kappa shape index (κ1) is 16.8. The van der Waals surface area contributed by atoms with E-state index in [2.05, 4.69) is 5.32 Å². The van der Waals surface area contributed by atoms with Crippen LogP contribution in [0.4, 0.5) is 13.2 Å². The smallest absolute Gasteiger partial charge is 0.416 e. The van der Waals surface area contributed by atoms with E-state index in [4.69, 9.17) is 4.74 Å². The molecule has 0 spiro atoms. The minimum atomic E-state index is -4.34. The van der Waals surface area contributed by atoms with Crippen molar-refractivity contribution in [3.8, 4) is 0 Å². The van der Waals surface area contributed by atoms with Crippen molar-refractivity contribution in [3.05, 3.63) is 35.4 Å². The molecule has 0 amide bonds. The van der Waals surface area contributed by atoms with Crippen LogP contribution in [0.1, 0.15) is 30.9 Å². The fourth-order valence-corrected chi connectivity index (χ4v) is 2.85. The van der Waals surface area contributed by atoms with Crippen molar-refractivity contribution in [2.24, 2.45) is 5.41 Å². The van der Waals surface area contributed by atoms with Gasteiger partial charge in [0.2, 0.25) is 0 Å². The van der Waals surface area contributed by atoms with E-state index in [0.29, 0.717) is 31.6 Å². The van der Waals surface area contributed by atoms with Crippen molar-refractivity contribution >= 4 is 5.97 Å². The van der Waals surface area contributed by atoms with E-state index < -0.39 is 17.2 Å². The van der Waals surface area contributed by atoms with E-state index in [0.717, 1.165) is 25.1 Å². The Bertz CT molecular complexity index is 505. The van der Waals surface area contributed by atoms with Crippen LogP contribution in [0, 0.1) is 5.41 Å². The molecule has 1 aromatic rings. The predicted octanol–water partition coefficient (Wildman–Crippen LogP) is 3.18. The molecule has 3 nitrogen and oxygen atoms in total. The fraction of sp³-hybridized carbons (Fsp3) is 0.562. The standard InChI is InChI=1S/C16H20F3NO2/c1-2-22-14(21)15(8-3-9-20-11-15)10-12-4-6-13(7-5-12)16(17,18)19/h4-7,20H,2-3,8-11H2,1H3/t15-/m1/s1. The van der Waals surface area contributed by atoms with Gasteiger partial charge in [0.05, 0.1) is 17.6 Å². The minimum absolute atomic E-state index is 0.276. The number of alkyl halides is 3. The Kier molecular flexibility index (Phi) is 5.11. The molecule has 1 N–H and O–H groups in total. The predicted molar refractivity (Wildman–Crippen MR) is 76.3 cm³/mol. The summed E-state index contributed by atoms with van der Waals surface area (Å²) in [6.07, 6.45) is -2.43. The Morgan fingerprint density at radius 2 is 2.00 bits per heavy atom. The van der Waals surface area contributed by atoms with Crippen molar-refractivity contribution < 1.29 is 22.7 Å². The summed E-state index contributed by atoms with van der Waals surface area (Å²) in [5.41, 5.74) is -0.651. The van der Waals surface area contributed by atoms with Crippen molar-refractivity contribution in [2.75, 3.05) is 19.7 Å². The summed E-state index contributed by atoms with van der Waals surface area (Å²) in [7, 11) is 0. The zero-order valence-electron chi connectivity index (χ0n) is 12.5. The maximum absolute atomic E-state index is 12.6. The third-order valence-electron chi connectivity index (χ3n) is 4.00. The Hall–Kier alpha value is -1.56. The minimum Gasteiger partial charge on any atom is -0.466 e. The van der Waals surface area contributed by atoms with Crippen molar-refractivity contribution in [3.63, 3.8) is 0 Å². The molecule has 2 rings (SSSR count). The molecule has 0 aromatic heterocycles. The zero-order valence-corrected chi connectivity index (χ0v) is 12.5. The second kappa shape index (κ2) is 6.69.